The number of anilines is 1. The van der Waals surface area contributed by atoms with Crippen LogP contribution in [-0.4, -0.2) is 38.4 Å². The Hall–Kier alpha value is -3.56. The summed E-state index contributed by atoms with van der Waals surface area (Å²) < 4.78 is 21.6. The first kappa shape index (κ1) is 29.4. The van der Waals surface area contributed by atoms with Gasteiger partial charge in [-0.2, -0.15) is 0 Å². The molecule has 0 aliphatic carbocycles. The number of thiazole rings is 1. The number of thiocarbonyl (C=S) groups is 1. The zero-order valence-electron chi connectivity index (χ0n) is 22.2. The Kier molecular flexibility index (Phi) is 10.1. The number of hydrogen-bond acceptors (Lipinski definition) is 7. The van der Waals surface area contributed by atoms with Gasteiger partial charge in [-0.3, -0.25) is 0 Å². The van der Waals surface area contributed by atoms with Crippen LogP contribution in [0.5, 0.6) is 23.0 Å². The number of halogens is 2. The highest BCUT2D eigenvalue weighted by atomic mass is 35.5. The SMILES string of the molecule is COc1ccc(-c2nc3c(Cl)cc(OC)cc3s2)cc1.COc1ccc(C(=S)Nc2ccc(OC)cc2Cl)cc1. The highest BCUT2D eigenvalue weighted by molar-refractivity contribution is 7.81. The van der Waals surface area contributed by atoms with Gasteiger partial charge in [0.1, 0.15) is 38.5 Å². The minimum absolute atomic E-state index is 0.556. The molecule has 5 rings (SSSR count). The molecule has 0 aliphatic heterocycles. The van der Waals surface area contributed by atoms with Crippen molar-refractivity contribution >= 4 is 67.6 Å². The molecule has 0 saturated carbocycles. The van der Waals surface area contributed by atoms with Gasteiger partial charge in [-0.15, -0.1) is 11.3 Å². The van der Waals surface area contributed by atoms with Crippen molar-refractivity contribution in [3.8, 4) is 33.6 Å². The molecular weight excluding hydrogens is 587 g/mol. The molecule has 0 amide bonds. The van der Waals surface area contributed by atoms with Crippen molar-refractivity contribution in [2.24, 2.45) is 0 Å². The molecule has 1 heterocycles. The fourth-order valence-corrected chi connectivity index (χ4v) is 5.40. The molecule has 0 fully saturated rings. The van der Waals surface area contributed by atoms with Gasteiger partial charge in [-0.05, 0) is 66.7 Å². The van der Waals surface area contributed by atoms with Crippen molar-refractivity contribution in [3.63, 3.8) is 0 Å². The number of aromatic nitrogens is 1. The van der Waals surface area contributed by atoms with Crippen LogP contribution in [0.2, 0.25) is 10.0 Å². The van der Waals surface area contributed by atoms with Gasteiger partial charge in [0, 0.05) is 23.3 Å². The van der Waals surface area contributed by atoms with E-state index in [1.165, 1.54) is 0 Å². The van der Waals surface area contributed by atoms with Crippen LogP contribution in [-0.2, 0) is 0 Å². The molecule has 6 nitrogen and oxygen atoms in total. The first-order chi connectivity index (χ1) is 19.3. The summed E-state index contributed by atoms with van der Waals surface area (Å²) in [4.78, 5) is 5.20. The topological polar surface area (TPSA) is 61.8 Å². The molecule has 0 saturated heterocycles. The van der Waals surface area contributed by atoms with E-state index in [4.69, 9.17) is 54.4 Å². The Morgan fingerprint density at radius 3 is 1.82 bits per heavy atom. The summed E-state index contributed by atoms with van der Waals surface area (Å²) in [7, 11) is 6.51. The summed E-state index contributed by atoms with van der Waals surface area (Å²) in [6.45, 7) is 0. The Bertz CT molecular complexity index is 1610. The lowest BCUT2D eigenvalue weighted by atomic mass is 10.2. The molecule has 0 spiro atoms. The van der Waals surface area contributed by atoms with Crippen molar-refractivity contribution < 1.29 is 18.9 Å². The number of nitrogens with one attached hydrogen (secondary N) is 1. The molecule has 0 unspecified atom stereocenters. The first-order valence-electron chi connectivity index (χ1n) is 11.9. The van der Waals surface area contributed by atoms with Crippen molar-refractivity contribution in [3.05, 3.63) is 94.5 Å². The number of ether oxygens (including phenoxy) is 4. The monoisotopic (exact) mass is 612 g/mol. The van der Waals surface area contributed by atoms with Crippen LogP contribution in [0, 0.1) is 0 Å². The molecule has 0 radical (unpaired) electrons. The zero-order valence-corrected chi connectivity index (χ0v) is 25.3. The molecule has 0 atom stereocenters. The number of hydrogen-bond donors (Lipinski definition) is 1. The van der Waals surface area contributed by atoms with Crippen LogP contribution >= 0.6 is 46.8 Å². The average molecular weight is 614 g/mol. The molecule has 5 aromatic rings. The summed E-state index contributed by atoms with van der Waals surface area (Å²) in [5.41, 5.74) is 3.49. The van der Waals surface area contributed by atoms with Gasteiger partial charge >= 0.3 is 0 Å². The van der Waals surface area contributed by atoms with Gasteiger partial charge in [0.05, 0.1) is 48.9 Å². The first-order valence-corrected chi connectivity index (χ1v) is 13.9. The van der Waals surface area contributed by atoms with Gasteiger partial charge < -0.3 is 24.3 Å². The minimum atomic E-state index is 0.556. The lowest BCUT2D eigenvalue weighted by molar-refractivity contribution is 0.414. The predicted octanol–water partition coefficient (Wildman–Crippen LogP) is 8.78. The van der Waals surface area contributed by atoms with Crippen LogP contribution in [0.15, 0.2) is 78.9 Å². The average Bonchev–Trinajstić information content (AvgIpc) is 3.43. The second-order valence-electron chi connectivity index (χ2n) is 8.23. The van der Waals surface area contributed by atoms with Crippen molar-refractivity contribution in [1.82, 2.24) is 4.98 Å². The lowest BCUT2D eigenvalue weighted by Gasteiger charge is -2.11. The fourth-order valence-electron chi connectivity index (χ4n) is 3.60. The molecular formula is C30H26Cl2N2O4S2. The van der Waals surface area contributed by atoms with E-state index in [9.17, 15) is 0 Å². The quantitative estimate of drug-likeness (QED) is 0.184. The predicted molar refractivity (Wildman–Crippen MR) is 169 cm³/mol. The lowest BCUT2D eigenvalue weighted by Crippen LogP contribution is -2.10. The van der Waals surface area contributed by atoms with E-state index in [2.05, 4.69) is 10.3 Å². The summed E-state index contributed by atoms with van der Waals surface area (Å²) >= 11 is 19.4. The van der Waals surface area contributed by atoms with Crippen molar-refractivity contribution in [2.75, 3.05) is 33.8 Å². The summed E-state index contributed by atoms with van der Waals surface area (Å²) in [6.07, 6.45) is 0. The van der Waals surface area contributed by atoms with E-state index >= 15 is 0 Å². The van der Waals surface area contributed by atoms with Gasteiger partial charge in [0.15, 0.2) is 0 Å². The molecule has 40 heavy (non-hydrogen) atoms. The number of nitrogens with zero attached hydrogens (tertiary/aromatic N) is 1. The standard InChI is InChI=1S/C15H12ClNO2S.C15H14ClNO2S/c1-18-10-5-3-9(4-6-10)15-17-14-12(16)7-11(19-2)8-13(14)20-15;1-18-11-5-3-10(4-6-11)15(20)17-14-8-7-12(19-2)9-13(14)16/h3-8H,1-2H3;3-9H,1-2H3,(H,17,20). The second-order valence-corrected chi connectivity index (χ2v) is 10.5. The Balaban J connectivity index is 0.000000185. The number of rotatable bonds is 7. The van der Waals surface area contributed by atoms with E-state index in [0.29, 0.717) is 20.8 Å². The van der Waals surface area contributed by atoms with Gasteiger partial charge in [0.25, 0.3) is 0 Å². The van der Waals surface area contributed by atoms with Crippen LogP contribution in [0.3, 0.4) is 0 Å². The maximum Gasteiger partial charge on any atom is 0.124 e. The highest BCUT2D eigenvalue weighted by Gasteiger charge is 2.11. The maximum atomic E-state index is 6.23. The Morgan fingerprint density at radius 1 is 0.700 bits per heavy atom. The second kappa shape index (κ2) is 13.7. The van der Waals surface area contributed by atoms with Gasteiger partial charge in [0.2, 0.25) is 0 Å². The number of benzene rings is 4. The largest absolute Gasteiger partial charge is 0.497 e. The number of methoxy groups -OCH3 is 4. The third-order valence-electron chi connectivity index (χ3n) is 5.77. The number of fused-ring (bicyclic) bond motifs is 1. The van der Waals surface area contributed by atoms with Crippen LogP contribution in [0.25, 0.3) is 20.8 Å². The third kappa shape index (κ3) is 7.14. The molecule has 0 bridgehead atoms. The third-order valence-corrected chi connectivity index (χ3v) is 7.76. The highest BCUT2D eigenvalue weighted by Crippen LogP contribution is 2.37. The molecule has 1 aromatic heterocycles. The van der Waals surface area contributed by atoms with Crippen LogP contribution < -0.4 is 24.3 Å². The van der Waals surface area contributed by atoms with Crippen LogP contribution in [0.4, 0.5) is 5.69 Å². The molecule has 206 valence electrons. The van der Waals surface area contributed by atoms with Gasteiger partial charge in [-0.1, -0.05) is 35.4 Å². The van der Waals surface area contributed by atoms with E-state index < -0.39 is 0 Å². The fraction of sp³-hybridized carbons (Fsp3) is 0.133. The summed E-state index contributed by atoms with van der Waals surface area (Å²) in [6, 6.07) is 24.4. The van der Waals surface area contributed by atoms with E-state index in [1.807, 2.05) is 66.7 Å². The summed E-state index contributed by atoms with van der Waals surface area (Å²) in [5.74, 6) is 3.07. The maximum absolute atomic E-state index is 6.23. The smallest absolute Gasteiger partial charge is 0.124 e. The van der Waals surface area contributed by atoms with E-state index in [1.54, 1.807) is 51.9 Å². The normalized spacial score (nSPS) is 10.3. The van der Waals surface area contributed by atoms with Crippen molar-refractivity contribution in [1.29, 1.82) is 0 Å². The van der Waals surface area contributed by atoms with Gasteiger partial charge in [-0.25, -0.2) is 4.98 Å². The summed E-state index contributed by atoms with van der Waals surface area (Å²) in [5, 5.41) is 5.21. The molecule has 4 aromatic carbocycles. The van der Waals surface area contributed by atoms with E-state index in [-0.39, 0.29) is 0 Å². The minimum Gasteiger partial charge on any atom is -0.497 e. The van der Waals surface area contributed by atoms with E-state index in [0.717, 1.165) is 49.3 Å². The molecule has 0 aliphatic rings. The zero-order chi connectivity index (χ0) is 28.6. The van der Waals surface area contributed by atoms with Crippen molar-refractivity contribution in [2.45, 2.75) is 0 Å². The van der Waals surface area contributed by atoms with Crippen LogP contribution in [0.1, 0.15) is 5.56 Å². The Labute approximate surface area is 252 Å². The molecule has 10 heteroatoms. The molecule has 1 N–H and O–H groups in total. The Morgan fingerprint density at radius 2 is 1.25 bits per heavy atom.